The Labute approximate surface area is 112 Å². The molecule has 1 rings (SSSR count). The first kappa shape index (κ1) is 15.3. The van der Waals surface area contributed by atoms with Gasteiger partial charge >= 0.3 is 0 Å². The number of hydrogen-bond donors (Lipinski definition) is 3. The minimum Gasteiger partial charge on any atom is -0.497 e. The van der Waals surface area contributed by atoms with Gasteiger partial charge in [0.05, 0.1) is 12.0 Å². The largest absolute Gasteiger partial charge is 0.497 e. The molecule has 0 aliphatic carbocycles. The second kappa shape index (κ2) is 6.95. The molecule has 0 unspecified atom stereocenters. The first-order chi connectivity index (χ1) is 8.99. The summed E-state index contributed by atoms with van der Waals surface area (Å²) in [6, 6.07) is 6.07. The zero-order valence-corrected chi connectivity index (χ0v) is 11.4. The van der Waals surface area contributed by atoms with Crippen molar-refractivity contribution >= 4 is 15.9 Å². The Hall–Kier alpha value is -1.80. The molecule has 0 saturated carbocycles. The Bertz CT molecular complexity index is 525. The van der Waals surface area contributed by atoms with Crippen LogP contribution in [0, 0.1) is 0 Å². The molecule has 1 aromatic carbocycles. The van der Waals surface area contributed by atoms with Gasteiger partial charge in [-0.3, -0.25) is 0 Å². The molecular formula is C11H17N3O4S. The van der Waals surface area contributed by atoms with Crippen LogP contribution in [0.4, 0.5) is 0 Å². The highest BCUT2D eigenvalue weighted by molar-refractivity contribution is 7.89. The smallest absolute Gasteiger partial charge is 0.240 e. The second-order valence-electron chi connectivity index (χ2n) is 3.77. The SMILES string of the molecule is COc1ccc(S(=O)(=O)NCCCC(N)=NO)cc1. The molecule has 0 aliphatic rings. The van der Waals surface area contributed by atoms with Gasteiger partial charge in [-0.2, -0.15) is 0 Å². The summed E-state index contributed by atoms with van der Waals surface area (Å²) >= 11 is 0. The van der Waals surface area contributed by atoms with Crippen LogP contribution in [0.1, 0.15) is 12.8 Å². The summed E-state index contributed by atoms with van der Waals surface area (Å²) in [4.78, 5) is 0.164. The molecule has 19 heavy (non-hydrogen) atoms. The average molecular weight is 287 g/mol. The molecule has 0 radical (unpaired) electrons. The molecule has 106 valence electrons. The number of methoxy groups -OCH3 is 1. The van der Waals surface area contributed by atoms with E-state index in [4.69, 9.17) is 15.7 Å². The summed E-state index contributed by atoms with van der Waals surface area (Å²) in [6.45, 7) is 0.213. The van der Waals surface area contributed by atoms with Crippen molar-refractivity contribution in [3.8, 4) is 5.75 Å². The number of benzene rings is 1. The highest BCUT2D eigenvalue weighted by Gasteiger charge is 2.13. The van der Waals surface area contributed by atoms with Gasteiger partial charge in [0, 0.05) is 13.0 Å². The maximum atomic E-state index is 11.9. The van der Waals surface area contributed by atoms with Crippen LogP contribution in [0.25, 0.3) is 0 Å². The molecule has 0 bridgehead atoms. The first-order valence-corrected chi connectivity index (χ1v) is 7.08. The van der Waals surface area contributed by atoms with Gasteiger partial charge in [-0.05, 0) is 30.7 Å². The number of sulfonamides is 1. The topological polar surface area (TPSA) is 114 Å². The molecule has 0 fully saturated rings. The van der Waals surface area contributed by atoms with E-state index in [9.17, 15) is 8.42 Å². The van der Waals surface area contributed by atoms with Crippen molar-refractivity contribution in [2.75, 3.05) is 13.7 Å². The Morgan fingerprint density at radius 3 is 2.58 bits per heavy atom. The molecule has 0 atom stereocenters. The van der Waals surface area contributed by atoms with E-state index in [1.54, 1.807) is 12.1 Å². The van der Waals surface area contributed by atoms with Crippen LogP contribution < -0.4 is 15.2 Å². The fourth-order valence-electron chi connectivity index (χ4n) is 1.36. The van der Waals surface area contributed by atoms with Gasteiger partial charge in [0.1, 0.15) is 11.6 Å². The van der Waals surface area contributed by atoms with Gasteiger partial charge in [-0.1, -0.05) is 5.16 Å². The monoisotopic (exact) mass is 287 g/mol. The third kappa shape index (κ3) is 4.76. The van der Waals surface area contributed by atoms with E-state index >= 15 is 0 Å². The van der Waals surface area contributed by atoms with Crippen molar-refractivity contribution in [2.24, 2.45) is 10.9 Å². The second-order valence-corrected chi connectivity index (χ2v) is 5.54. The van der Waals surface area contributed by atoms with Crippen LogP contribution in [0.2, 0.25) is 0 Å². The Balaban J connectivity index is 2.55. The predicted molar refractivity (Wildman–Crippen MR) is 70.8 cm³/mol. The molecule has 0 saturated heterocycles. The summed E-state index contributed by atoms with van der Waals surface area (Å²) in [7, 11) is -2.03. The predicted octanol–water partition coefficient (Wildman–Crippen LogP) is 0.500. The van der Waals surface area contributed by atoms with Crippen LogP contribution in [0.5, 0.6) is 5.75 Å². The standard InChI is InChI=1S/C11H17N3O4S/c1-18-9-4-6-10(7-5-9)19(16,17)13-8-2-3-11(12)14-15/h4-7,13,15H,2-3,8H2,1H3,(H2,12,14). The van der Waals surface area contributed by atoms with E-state index < -0.39 is 10.0 Å². The van der Waals surface area contributed by atoms with Crippen molar-refractivity contribution in [3.63, 3.8) is 0 Å². The molecule has 0 amide bonds. The Kier molecular flexibility index (Phi) is 5.58. The maximum absolute atomic E-state index is 11.9. The molecular weight excluding hydrogens is 270 g/mol. The highest BCUT2D eigenvalue weighted by atomic mass is 32.2. The number of oxime groups is 1. The third-order valence-corrected chi connectivity index (χ3v) is 3.88. The number of nitrogens with two attached hydrogens (primary N) is 1. The minimum atomic E-state index is -3.54. The quantitative estimate of drug-likeness (QED) is 0.222. The fraction of sp³-hybridized carbons (Fsp3) is 0.364. The van der Waals surface area contributed by atoms with Gasteiger partial charge in [-0.15, -0.1) is 0 Å². The van der Waals surface area contributed by atoms with E-state index in [1.807, 2.05) is 0 Å². The van der Waals surface area contributed by atoms with E-state index in [1.165, 1.54) is 19.2 Å². The van der Waals surface area contributed by atoms with Crippen molar-refractivity contribution in [1.82, 2.24) is 4.72 Å². The summed E-state index contributed by atoms with van der Waals surface area (Å²) in [6.07, 6.45) is 0.771. The lowest BCUT2D eigenvalue weighted by atomic mass is 10.3. The normalized spacial score (nSPS) is 12.4. The van der Waals surface area contributed by atoms with Crippen LogP contribution in [-0.4, -0.2) is 33.1 Å². The summed E-state index contributed by atoms with van der Waals surface area (Å²) in [5.41, 5.74) is 5.27. The van der Waals surface area contributed by atoms with Crippen molar-refractivity contribution in [1.29, 1.82) is 0 Å². The third-order valence-electron chi connectivity index (χ3n) is 2.40. The van der Waals surface area contributed by atoms with Crippen molar-refractivity contribution in [3.05, 3.63) is 24.3 Å². The lowest BCUT2D eigenvalue weighted by Gasteiger charge is -2.07. The van der Waals surface area contributed by atoms with Gasteiger partial charge < -0.3 is 15.7 Å². The van der Waals surface area contributed by atoms with Gasteiger partial charge in [-0.25, -0.2) is 13.1 Å². The Morgan fingerprint density at radius 2 is 2.05 bits per heavy atom. The zero-order chi connectivity index (χ0) is 14.3. The van der Waals surface area contributed by atoms with Gasteiger partial charge in [0.2, 0.25) is 10.0 Å². The molecule has 0 heterocycles. The average Bonchev–Trinajstić information content (AvgIpc) is 2.43. The van der Waals surface area contributed by atoms with Crippen molar-refractivity contribution < 1.29 is 18.4 Å². The lowest BCUT2D eigenvalue weighted by molar-refractivity contribution is 0.316. The number of amidine groups is 1. The van der Waals surface area contributed by atoms with E-state index in [-0.39, 0.29) is 17.3 Å². The number of nitrogens with one attached hydrogen (secondary N) is 1. The van der Waals surface area contributed by atoms with E-state index in [0.717, 1.165) is 0 Å². The summed E-state index contributed by atoms with van der Waals surface area (Å²) in [5, 5.41) is 11.1. The first-order valence-electron chi connectivity index (χ1n) is 5.59. The highest BCUT2D eigenvalue weighted by Crippen LogP contribution is 2.15. The number of nitrogens with zero attached hydrogens (tertiary/aromatic N) is 1. The Morgan fingerprint density at radius 1 is 1.42 bits per heavy atom. The molecule has 1 aromatic rings. The van der Waals surface area contributed by atoms with Gasteiger partial charge in [0.15, 0.2) is 0 Å². The molecule has 0 aromatic heterocycles. The van der Waals surface area contributed by atoms with E-state index in [2.05, 4.69) is 9.88 Å². The molecule has 8 heteroatoms. The maximum Gasteiger partial charge on any atom is 0.240 e. The van der Waals surface area contributed by atoms with Crippen molar-refractivity contribution in [2.45, 2.75) is 17.7 Å². The summed E-state index contributed by atoms with van der Waals surface area (Å²) < 4.78 is 31.2. The molecule has 4 N–H and O–H groups in total. The van der Waals surface area contributed by atoms with Gasteiger partial charge in [0.25, 0.3) is 0 Å². The summed E-state index contributed by atoms with van der Waals surface area (Å²) in [5.74, 6) is 0.662. The zero-order valence-electron chi connectivity index (χ0n) is 10.5. The minimum absolute atomic E-state index is 0.0728. The van der Waals surface area contributed by atoms with Crippen LogP contribution in [0.15, 0.2) is 34.3 Å². The number of ether oxygens (including phenoxy) is 1. The lowest BCUT2D eigenvalue weighted by Crippen LogP contribution is -2.25. The molecule has 0 spiro atoms. The fourth-order valence-corrected chi connectivity index (χ4v) is 2.44. The van der Waals surface area contributed by atoms with Crippen LogP contribution >= 0.6 is 0 Å². The van der Waals surface area contributed by atoms with Crippen LogP contribution in [0.3, 0.4) is 0 Å². The number of hydrogen-bond acceptors (Lipinski definition) is 5. The molecule has 0 aliphatic heterocycles. The number of rotatable bonds is 7. The van der Waals surface area contributed by atoms with Crippen LogP contribution in [-0.2, 0) is 10.0 Å². The van der Waals surface area contributed by atoms with E-state index in [0.29, 0.717) is 18.6 Å². The molecule has 7 nitrogen and oxygen atoms in total.